The smallest absolute Gasteiger partial charge is 0.251 e. The maximum absolute atomic E-state index is 14.5. The monoisotopic (exact) mass is 606 g/mol. The molecule has 0 spiro atoms. The number of aromatic nitrogens is 2. The molecule has 1 saturated carbocycles. The third-order valence-corrected chi connectivity index (χ3v) is 8.72. The number of amides is 2. The number of nitrogens with zero attached hydrogens (tertiary/aromatic N) is 2. The Balaban J connectivity index is 1.36. The number of nitrogens with one attached hydrogen (secondary N) is 1. The Hall–Kier alpha value is -4.31. The number of methoxy groups -OCH3 is 1. The zero-order chi connectivity index (χ0) is 30.5. The summed E-state index contributed by atoms with van der Waals surface area (Å²) in [6.45, 7) is 0.710. The topological polar surface area (TPSA) is 116 Å². The SMILES string of the molecule is COc1cc(C(=O)NC[C@H](c2cc3c(c(-c4ccc(F)cc4)n2)OC[C@]3(CF)C(N)=O)C2CC2)cc2cc(Cl)c(C)nc12. The number of ether oxygens (including phenoxy) is 2. The number of benzene rings is 2. The van der Waals surface area contributed by atoms with E-state index in [4.69, 9.17) is 31.8 Å². The fourth-order valence-corrected chi connectivity index (χ4v) is 5.79. The first-order valence-corrected chi connectivity index (χ1v) is 14.3. The molecule has 1 aliphatic heterocycles. The summed E-state index contributed by atoms with van der Waals surface area (Å²) in [5.41, 5.74) is 7.42. The largest absolute Gasteiger partial charge is 0.494 e. The maximum Gasteiger partial charge on any atom is 0.251 e. The third-order valence-electron chi connectivity index (χ3n) is 8.34. The summed E-state index contributed by atoms with van der Waals surface area (Å²) in [7, 11) is 1.51. The number of aryl methyl sites for hydroxylation is 1. The van der Waals surface area contributed by atoms with E-state index in [1.165, 1.54) is 19.2 Å². The summed E-state index contributed by atoms with van der Waals surface area (Å²) in [6, 6.07) is 12.4. The van der Waals surface area contributed by atoms with Crippen LogP contribution in [0, 0.1) is 18.7 Å². The number of carbonyl (C=O) groups excluding carboxylic acids is 2. The highest BCUT2D eigenvalue weighted by Gasteiger charge is 2.49. The number of hydrogen-bond donors (Lipinski definition) is 2. The number of rotatable bonds is 9. The highest BCUT2D eigenvalue weighted by atomic mass is 35.5. The van der Waals surface area contributed by atoms with Crippen molar-refractivity contribution in [2.45, 2.75) is 31.1 Å². The molecule has 2 aromatic carbocycles. The molecule has 0 saturated heterocycles. The highest BCUT2D eigenvalue weighted by molar-refractivity contribution is 6.31. The fraction of sp³-hybridized carbons (Fsp3) is 0.312. The normalized spacial score (nSPS) is 18.2. The van der Waals surface area contributed by atoms with Crippen LogP contribution >= 0.6 is 11.6 Å². The molecule has 2 atom stereocenters. The Bertz CT molecular complexity index is 1760. The summed E-state index contributed by atoms with van der Waals surface area (Å²) >= 11 is 6.29. The van der Waals surface area contributed by atoms with Gasteiger partial charge in [-0.1, -0.05) is 11.6 Å². The number of primary amides is 1. The van der Waals surface area contributed by atoms with Gasteiger partial charge in [-0.05, 0) is 74.2 Å². The number of alkyl halides is 1. The van der Waals surface area contributed by atoms with Crippen LogP contribution in [0.3, 0.4) is 0 Å². The van der Waals surface area contributed by atoms with Crippen LogP contribution in [-0.2, 0) is 10.2 Å². The van der Waals surface area contributed by atoms with Crippen molar-refractivity contribution in [3.8, 4) is 22.8 Å². The number of nitrogens with two attached hydrogens (primary N) is 1. The summed E-state index contributed by atoms with van der Waals surface area (Å²) < 4.78 is 39.6. The molecule has 6 rings (SSSR count). The van der Waals surface area contributed by atoms with Gasteiger partial charge >= 0.3 is 0 Å². The van der Waals surface area contributed by atoms with Gasteiger partial charge in [0.25, 0.3) is 5.91 Å². The van der Waals surface area contributed by atoms with Crippen LogP contribution in [0.1, 0.15) is 46.1 Å². The summed E-state index contributed by atoms with van der Waals surface area (Å²) in [6.07, 6.45) is 1.83. The molecule has 43 heavy (non-hydrogen) atoms. The molecule has 2 aliphatic rings. The average Bonchev–Trinajstić information content (AvgIpc) is 3.76. The number of halogens is 3. The molecular formula is C32H29ClF2N4O4. The Labute approximate surface area is 251 Å². The number of carbonyl (C=O) groups is 2. The second-order valence-corrected chi connectivity index (χ2v) is 11.5. The van der Waals surface area contributed by atoms with Crippen molar-refractivity contribution in [3.63, 3.8) is 0 Å². The molecule has 2 aromatic heterocycles. The lowest BCUT2D eigenvalue weighted by Crippen LogP contribution is -2.44. The van der Waals surface area contributed by atoms with Crippen LogP contribution in [0.4, 0.5) is 8.78 Å². The predicted octanol–water partition coefficient (Wildman–Crippen LogP) is 5.41. The van der Waals surface area contributed by atoms with E-state index < -0.39 is 23.8 Å². The van der Waals surface area contributed by atoms with E-state index in [0.717, 1.165) is 12.8 Å². The molecule has 0 unspecified atom stereocenters. The molecule has 1 fully saturated rings. The van der Waals surface area contributed by atoms with E-state index >= 15 is 0 Å². The standard InChI is InChI=1S/C32H29ClF2N4O4/c1-16-24(33)10-19-9-20(11-26(42-2)27(19)38-16)30(40)37-13-22(17-3-4-17)25-12-23-29(43-15-32(23,14-34)31(36)41)28(39-25)18-5-7-21(35)8-6-18/h5-12,17,22H,3-4,13-15H2,1-2H3,(H2,36,41)(H,37,40)/t22-,32-/m0/s1. The van der Waals surface area contributed by atoms with Crippen LogP contribution in [0.25, 0.3) is 22.2 Å². The van der Waals surface area contributed by atoms with Crippen molar-refractivity contribution in [2.24, 2.45) is 11.7 Å². The van der Waals surface area contributed by atoms with Gasteiger partial charge in [0.15, 0.2) is 0 Å². The van der Waals surface area contributed by atoms with Crippen LogP contribution in [0.5, 0.6) is 11.5 Å². The van der Waals surface area contributed by atoms with Gasteiger partial charge < -0.3 is 20.5 Å². The van der Waals surface area contributed by atoms with E-state index in [9.17, 15) is 18.4 Å². The Morgan fingerprint density at radius 2 is 1.93 bits per heavy atom. The number of pyridine rings is 2. The molecular weight excluding hydrogens is 578 g/mol. The lowest BCUT2D eigenvalue weighted by atomic mass is 9.81. The minimum absolute atomic E-state index is 0.208. The molecule has 0 bridgehead atoms. The predicted molar refractivity (Wildman–Crippen MR) is 158 cm³/mol. The second-order valence-electron chi connectivity index (χ2n) is 11.1. The van der Waals surface area contributed by atoms with Gasteiger partial charge in [0, 0.05) is 40.2 Å². The maximum atomic E-state index is 14.5. The van der Waals surface area contributed by atoms with Crippen LogP contribution in [0.2, 0.25) is 5.02 Å². The Morgan fingerprint density at radius 1 is 1.19 bits per heavy atom. The van der Waals surface area contributed by atoms with Crippen LogP contribution < -0.4 is 20.5 Å². The summed E-state index contributed by atoms with van der Waals surface area (Å²) in [4.78, 5) is 35.4. The minimum Gasteiger partial charge on any atom is -0.494 e. The zero-order valence-electron chi connectivity index (χ0n) is 23.5. The van der Waals surface area contributed by atoms with E-state index in [1.54, 1.807) is 43.3 Å². The van der Waals surface area contributed by atoms with Gasteiger partial charge in [0.1, 0.15) is 47.2 Å². The minimum atomic E-state index is -1.67. The number of fused-ring (bicyclic) bond motifs is 2. The van der Waals surface area contributed by atoms with Gasteiger partial charge in [0.2, 0.25) is 5.91 Å². The number of hydrogen-bond acceptors (Lipinski definition) is 6. The van der Waals surface area contributed by atoms with Crippen LogP contribution in [0.15, 0.2) is 48.5 Å². The molecule has 3 N–H and O–H groups in total. The lowest BCUT2D eigenvalue weighted by Gasteiger charge is -2.23. The van der Waals surface area contributed by atoms with Gasteiger partial charge in [-0.3, -0.25) is 9.59 Å². The van der Waals surface area contributed by atoms with Crippen molar-refractivity contribution < 1.29 is 27.8 Å². The third kappa shape index (κ3) is 5.14. The van der Waals surface area contributed by atoms with Crippen molar-refractivity contribution in [1.82, 2.24) is 15.3 Å². The molecule has 1 aliphatic carbocycles. The Kier molecular flexibility index (Phi) is 7.41. The first-order chi connectivity index (χ1) is 20.6. The lowest BCUT2D eigenvalue weighted by molar-refractivity contribution is -0.124. The van der Waals surface area contributed by atoms with Crippen molar-refractivity contribution in [1.29, 1.82) is 0 Å². The quantitative estimate of drug-likeness (QED) is 0.263. The fourth-order valence-electron chi connectivity index (χ4n) is 5.63. The molecule has 4 aromatic rings. The highest BCUT2D eigenvalue weighted by Crippen LogP contribution is 2.48. The van der Waals surface area contributed by atoms with Gasteiger partial charge in [0.05, 0.1) is 17.8 Å². The molecule has 11 heteroatoms. The molecule has 8 nitrogen and oxygen atoms in total. The van der Waals surface area contributed by atoms with Crippen molar-refractivity contribution in [3.05, 3.63) is 81.9 Å². The molecule has 222 valence electrons. The molecule has 0 radical (unpaired) electrons. The van der Waals surface area contributed by atoms with E-state index in [1.807, 2.05) is 0 Å². The van der Waals surface area contributed by atoms with Gasteiger partial charge in [-0.15, -0.1) is 0 Å². The van der Waals surface area contributed by atoms with Crippen molar-refractivity contribution in [2.75, 3.05) is 26.9 Å². The summed E-state index contributed by atoms with van der Waals surface area (Å²) in [5, 5.41) is 4.16. The Morgan fingerprint density at radius 3 is 2.58 bits per heavy atom. The van der Waals surface area contributed by atoms with E-state index in [2.05, 4.69) is 10.3 Å². The van der Waals surface area contributed by atoms with Gasteiger partial charge in [-0.2, -0.15) is 0 Å². The average molecular weight is 607 g/mol. The molecule has 2 amide bonds. The zero-order valence-corrected chi connectivity index (χ0v) is 24.3. The first-order valence-electron chi connectivity index (χ1n) is 13.9. The van der Waals surface area contributed by atoms with E-state index in [0.29, 0.717) is 55.4 Å². The second kappa shape index (κ2) is 11.1. The van der Waals surface area contributed by atoms with Gasteiger partial charge in [-0.25, -0.2) is 18.7 Å². The molecule has 3 heterocycles. The first kappa shape index (κ1) is 28.8. The summed E-state index contributed by atoms with van der Waals surface area (Å²) in [5.74, 6) is -0.955. The van der Waals surface area contributed by atoms with Crippen molar-refractivity contribution >= 4 is 34.3 Å². The van der Waals surface area contributed by atoms with E-state index in [-0.39, 0.29) is 36.6 Å². The van der Waals surface area contributed by atoms with Crippen LogP contribution in [-0.4, -0.2) is 48.7 Å².